The Kier molecular flexibility index (Phi) is 5.31. The molecule has 11 heteroatoms. The number of rotatable bonds is 5. The number of benzene rings is 1. The zero-order valence-electron chi connectivity index (χ0n) is 19.7. The fourth-order valence-corrected chi connectivity index (χ4v) is 4.56. The number of hydrogen-bond donors (Lipinski definition) is 2. The number of hydrogen-bond acceptors (Lipinski definition) is 8. The highest BCUT2D eigenvalue weighted by Crippen LogP contribution is 2.34. The highest BCUT2D eigenvalue weighted by atomic mass is 19.1. The number of aliphatic hydroxyl groups is 1. The summed E-state index contributed by atoms with van der Waals surface area (Å²) in [7, 11) is 1.47. The molecule has 0 aliphatic carbocycles. The lowest BCUT2D eigenvalue weighted by Crippen LogP contribution is -2.41. The van der Waals surface area contributed by atoms with Crippen molar-refractivity contribution < 1.29 is 14.2 Å². The topological polar surface area (TPSA) is 120 Å². The normalized spacial score (nSPS) is 19.3. The van der Waals surface area contributed by atoms with Crippen molar-refractivity contribution in [3.8, 4) is 5.75 Å². The smallest absolute Gasteiger partial charge is 0.223 e. The van der Waals surface area contributed by atoms with Crippen LogP contribution in [0.15, 0.2) is 24.5 Å². The number of nitrogens with zero attached hydrogens (tertiary/aromatic N) is 7. The Morgan fingerprint density at radius 3 is 2.79 bits per heavy atom. The lowest BCUT2D eigenvalue weighted by atomic mass is 9.92. The molecule has 180 valence electrons. The van der Waals surface area contributed by atoms with E-state index in [0.717, 1.165) is 18.5 Å². The van der Waals surface area contributed by atoms with E-state index in [0.29, 0.717) is 40.7 Å². The minimum absolute atomic E-state index is 0.00768. The number of fused-ring (bicyclic) bond motifs is 3. The molecule has 2 atom stereocenters. The Morgan fingerprint density at radius 1 is 1.26 bits per heavy atom. The highest BCUT2D eigenvalue weighted by molar-refractivity contribution is 5.95. The van der Waals surface area contributed by atoms with Crippen molar-refractivity contribution in [2.45, 2.75) is 51.1 Å². The molecule has 1 aliphatic heterocycles. The van der Waals surface area contributed by atoms with Gasteiger partial charge in [0.25, 0.3) is 0 Å². The maximum absolute atomic E-state index is 14.2. The van der Waals surface area contributed by atoms with E-state index in [2.05, 4.69) is 27.0 Å². The molecule has 10 nitrogen and oxygen atoms in total. The van der Waals surface area contributed by atoms with E-state index >= 15 is 0 Å². The third-order valence-electron chi connectivity index (χ3n) is 6.72. The minimum atomic E-state index is -0.484. The molecule has 3 N–H and O–H groups in total. The van der Waals surface area contributed by atoms with E-state index < -0.39 is 11.4 Å². The fraction of sp³-hybridized carbons (Fsp3) is 0.478. The van der Waals surface area contributed by atoms with Crippen molar-refractivity contribution in [2.75, 3.05) is 30.9 Å². The van der Waals surface area contributed by atoms with Crippen molar-refractivity contribution in [3.63, 3.8) is 0 Å². The Hall–Kier alpha value is -3.47. The summed E-state index contributed by atoms with van der Waals surface area (Å²) in [5.74, 6) is 0.719. The van der Waals surface area contributed by atoms with Gasteiger partial charge in [0.15, 0.2) is 11.5 Å². The van der Waals surface area contributed by atoms with Gasteiger partial charge in [0.2, 0.25) is 5.95 Å². The minimum Gasteiger partial charge on any atom is -0.494 e. The van der Waals surface area contributed by atoms with Gasteiger partial charge in [-0.25, -0.2) is 14.4 Å². The number of ether oxygens (including phenoxy) is 1. The molecule has 0 saturated carbocycles. The van der Waals surface area contributed by atoms with Crippen LogP contribution in [0.2, 0.25) is 0 Å². The summed E-state index contributed by atoms with van der Waals surface area (Å²) in [4.78, 5) is 11.5. The zero-order valence-corrected chi connectivity index (χ0v) is 19.7. The first-order valence-corrected chi connectivity index (χ1v) is 11.3. The molecule has 1 aromatic carbocycles. The Balaban J connectivity index is 1.52. The summed E-state index contributed by atoms with van der Waals surface area (Å²) in [5.41, 5.74) is 7.59. The highest BCUT2D eigenvalue weighted by Gasteiger charge is 2.31. The van der Waals surface area contributed by atoms with E-state index in [1.807, 2.05) is 26.2 Å². The van der Waals surface area contributed by atoms with Crippen molar-refractivity contribution in [1.29, 1.82) is 0 Å². The maximum Gasteiger partial charge on any atom is 0.223 e. The molecule has 0 radical (unpaired) electrons. The standard InChI is InChI=1S/C23H29FN8O2/c1-13-5-6-14(10-30(13)16-9-26-31(11-16)23(2,3)12-33)20-28-21-17-7-15(24)8-18(34-4)19(17)27-22(25)32(21)29-20/h7-9,11,13-14,33H,5-6,10,12H2,1-4H3,(H2,25,27)/t13-,14+/m0/s1. The van der Waals surface area contributed by atoms with E-state index in [1.165, 1.54) is 23.8 Å². The third kappa shape index (κ3) is 3.60. The molecule has 5 rings (SSSR count). The van der Waals surface area contributed by atoms with Crippen LogP contribution >= 0.6 is 0 Å². The second-order valence-corrected chi connectivity index (χ2v) is 9.57. The number of nitrogens with two attached hydrogens (primary N) is 1. The van der Waals surface area contributed by atoms with Crippen LogP contribution in [0, 0.1) is 5.82 Å². The number of nitrogen functional groups attached to an aromatic ring is 1. The van der Waals surface area contributed by atoms with Gasteiger partial charge < -0.3 is 20.5 Å². The van der Waals surface area contributed by atoms with Crippen molar-refractivity contribution in [1.82, 2.24) is 29.4 Å². The Labute approximate surface area is 196 Å². The molecule has 4 aromatic rings. The fourth-order valence-electron chi connectivity index (χ4n) is 4.56. The summed E-state index contributed by atoms with van der Waals surface area (Å²) in [6, 6.07) is 2.97. The number of aromatic nitrogens is 6. The second kappa shape index (κ2) is 8.08. The van der Waals surface area contributed by atoms with Gasteiger partial charge in [0.1, 0.15) is 17.1 Å². The van der Waals surface area contributed by atoms with Crippen molar-refractivity contribution >= 4 is 28.2 Å². The lowest BCUT2D eigenvalue weighted by Gasteiger charge is -2.38. The van der Waals surface area contributed by atoms with Crippen LogP contribution in [-0.2, 0) is 5.54 Å². The number of halogens is 1. The van der Waals surface area contributed by atoms with Gasteiger partial charge in [0.05, 0.1) is 36.5 Å². The predicted molar refractivity (Wildman–Crippen MR) is 127 cm³/mol. The number of anilines is 2. The van der Waals surface area contributed by atoms with Crippen LogP contribution in [0.4, 0.5) is 16.0 Å². The van der Waals surface area contributed by atoms with Crippen LogP contribution in [0.5, 0.6) is 5.75 Å². The molecule has 1 saturated heterocycles. The predicted octanol–water partition coefficient (Wildman–Crippen LogP) is 2.70. The van der Waals surface area contributed by atoms with Crippen molar-refractivity contribution in [2.24, 2.45) is 0 Å². The average molecular weight is 469 g/mol. The average Bonchev–Trinajstić information content (AvgIpc) is 3.48. The number of methoxy groups -OCH3 is 1. The summed E-state index contributed by atoms with van der Waals surface area (Å²) in [6.07, 6.45) is 5.66. The number of aliphatic hydroxyl groups excluding tert-OH is 1. The van der Waals surface area contributed by atoms with Crippen LogP contribution in [0.3, 0.4) is 0 Å². The molecular weight excluding hydrogens is 439 g/mol. The van der Waals surface area contributed by atoms with E-state index in [-0.39, 0.29) is 18.5 Å². The van der Waals surface area contributed by atoms with E-state index in [9.17, 15) is 9.50 Å². The maximum atomic E-state index is 14.2. The van der Waals surface area contributed by atoms with Gasteiger partial charge in [-0.15, -0.1) is 5.10 Å². The van der Waals surface area contributed by atoms with Crippen molar-refractivity contribution in [3.05, 3.63) is 36.2 Å². The molecular formula is C23H29FN8O2. The molecule has 0 spiro atoms. The Morgan fingerprint density at radius 2 is 2.06 bits per heavy atom. The van der Waals surface area contributed by atoms with E-state index in [4.69, 9.17) is 15.5 Å². The van der Waals surface area contributed by atoms with Gasteiger partial charge in [-0.3, -0.25) is 4.68 Å². The third-order valence-corrected chi connectivity index (χ3v) is 6.72. The first-order chi connectivity index (χ1) is 16.2. The first kappa shape index (κ1) is 22.3. The zero-order chi connectivity index (χ0) is 24.2. The summed E-state index contributed by atoms with van der Waals surface area (Å²) < 4.78 is 22.8. The second-order valence-electron chi connectivity index (χ2n) is 9.57. The molecule has 0 bridgehead atoms. The van der Waals surface area contributed by atoms with Crippen LogP contribution < -0.4 is 15.4 Å². The van der Waals surface area contributed by atoms with Gasteiger partial charge in [-0.05, 0) is 39.7 Å². The molecule has 1 aliphatic rings. The van der Waals surface area contributed by atoms with E-state index in [1.54, 1.807) is 4.68 Å². The van der Waals surface area contributed by atoms with Gasteiger partial charge in [-0.1, -0.05) is 0 Å². The molecule has 4 heterocycles. The van der Waals surface area contributed by atoms with Gasteiger partial charge >= 0.3 is 0 Å². The largest absolute Gasteiger partial charge is 0.494 e. The van der Waals surface area contributed by atoms with Gasteiger partial charge in [0, 0.05) is 30.8 Å². The quantitative estimate of drug-likeness (QED) is 0.459. The first-order valence-electron chi connectivity index (χ1n) is 11.3. The van der Waals surface area contributed by atoms with Crippen LogP contribution in [-0.4, -0.2) is 60.8 Å². The molecule has 3 aromatic heterocycles. The van der Waals surface area contributed by atoms with Crippen LogP contribution in [0.25, 0.3) is 16.6 Å². The lowest BCUT2D eigenvalue weighted by molar-refractivity contribution is 0.152. The monoisotopic (exact) mass is 468 g/mol. The summed E-state index contributed by atoms with van der Waals surface area (Å²) >= 11 is 0. The van der Waals surface area contributed by atoms with Gasteiger partial charge in [-0.2, -0.15) is 9.61 Å². The molecule has 0 unspecified atom stereocenters. The summed E-state index contributed by atoms with van der Waals surface area (Å²) in [5, 5.41) is 19.3. The summed E-state index contributed by atoms with van der Waals surface area (Å²) in [6.45, 7) is 6.76. The van der Waals surface area contributed by atoms with Crippen LogP contribution in [0.1, 0.15) is 45.4 Å². The molecule has 34 heavy (non-hydrogen) atoms. The molecule has 1 fully saturated rings. The number of piperidine rings is 1. The molecule has 0 amide bonds. The Bertz CT molecular complexity index is 1360. The SMILES string of the molecule is COc1cc(F)cc2c1nc(N)n1nc([C@@H]3CC[C@H](C)N(c4cnn(C(C)(C)CO)c4)C3)nc21.